The fourth-order valence-corrected chi connectivity index (χ4v) is 1.73. The Hall–Kier alpha value is -1.98. The average molecular weight is 271 g/mol. The molecule has 1 unspecified atom stereocenters. The van der Waals surface area contributed by atoms with Crippen molar-refractivity contribution in [2.24, 2.45) is 0 Å². The molecule has 1 atom stereocenters. The Morgan fingerprint density at radius 3 is 2.63 bits per heavy atom. The zero-order valence-corrected chi connectivity index (χ0v) is 10.5. The molecule has 0 spiro atoms. The Morgan fingerprint density at radius 1 is 1.37 bits per heavy atom. The van der Waals surface area contributed by atoms with Gasteiger partial charge in [0.1, 0.15) is 0 Å². The van der Waals surface area contributed by atoms with Crippen LogP contribution in [0.5, 0.6) is 0 Å². The van der Waals surface area contributed by atoms with Gasteiger partial charge in [0.25, 0.3) is 5.91 Å². The van der Waals surface area contributed by atoms with Crippen LogP contribution < -0.4 is 5.32 Å². The second-order valence-electron chi connectivity index (χ2n) is 4.16. The number of amides is 1. The Kier molecular flexibility index (Phi) is 5.41. The van der Waals surface area contributed by atoms with Gasteiger partial charge in [-0.3, -0.25) is 9.59 Å². The highest BCUT2D eigenvalue weighted by Crippen LogP contribution is 2.12. The van der Waals surface area contributed by atoms with Crippen LogP contribution in [-0.4, -0.2) is 23.0 Å². The molecule has 19 heavy (non-hydrogen) atoms. The maximum absolute atomic E-state index is 13.4. The minimum atomic E-state index is -1.23. The summed E-state index contributed by atoms with van der Waals surface area (Å²) in [5, 5.41) is 11.1. The van der Waals surface area contributed by atoms with Crippen molar-refractivity contribution in [1.82, 2.24) is 5.32 Å². The molecule has 0 bridgehead atoms. The molecule has 1 amide bonds. The van der Waals surface area contributed by atoms with E-state index in [-0.39, 0.29) is 6.42 Å². The molecule has 0 saturated heterocycles. The number of rotatable bonds is 6. The van der Waals surface area contributed by atoms with E-state index in [0.717, 1.165) is 12.1 Å². The molecule has 0 aliphatic heterocycles. The van der Waals surface area contributed by atoms with Gasteiger partial charge in [0.05, 0.1) is 12.0 Å². The van der Waals surface area contributed by atoms with Crippen molar-refractivity contribution in [2.45, 2.75) is 32.2 Å². The van der Waals surface area contributed by atoms with Crippen LogP contribution in [0.15, 0.2) is 18.2 Å². The van der Waals surface area contributed by atoms with Crippen molar-refractivity contribution in [3.8, 4) is 0 Å². The van der Waals surface area contributed by atoms with Crippen LogP contribution in [0.1, 0.15) is 36.5 Å². The molecule has 0 heterocycles. The summed E-state index contributed by atoms with van der Waals surface area (Å²) in [6.07, 6.45) is 0.870. The SMILES string of the molecule is CCCC(CC(=O)O)NC(=O)c1cccc(F)c1F. The second kappa shape index (κ2) is 6.82. The van der Waals surface area contributed by atoms with E-state index in [1.165, 1.54) is 6.07 Å². The number of carboxylic acid groups (broad SMARTS) is 1. The largest absolute Gasteiger partial charge is 0.481 e. The van der Waals surface area contributed by atoms with E-state index in [1.54, 1.807) is 0 Å². The van der Waals surface area contributed by atoms with Gasteiger partial charge in [0, 0.05) is 6.04 Å². The number of halogens is 2. The predicted octanol–water partition coefficient (Wildman–Crippen LogP) is 2.34. The number of carboxylic acids is 1. The molecule has 2 N–H and O–H groups in total. The quantitative estimate of drug-likeness (QED) is 0.834. The minimum absolute atomic E-state index is 0.253. The van der Waals surface area contributed by atoms with Crippen molar-refractivity contribution in [3.63, 3.8) is 0 Å². The summed E-state index contributed by atoms with van der Waals surface area (Å²) in [6, 6.07) is 2.68. The van der Waals surface area contributed by atoms with Gasteiger partial charge in [-0.25, -0.2) is 8.78 Å². The van der Waals surface area contributed by atoms with Gasteiger partial charge in [0.2, 0.25) is 0 Å². The highest BCUT2D eigenvalue weighted by atomic mass is 19.2. The standard InChI is InChI=1S/C13H15F2NO3/c1-2-4-8(7-11(17)18)16-13(19)9-5-3-6-10(14)12(9)15/h3,5-6,8H,2,4,7H2,1H3,(H,16,19)(H,17,18). The topological polar surface area (TPSA) is 66.4 Å². The van der Waals surface area contributed by atoms with E-state index in [2.05, 4.69) is 5.32 Å². The van der Waals surface area contributed by atoms with E-state index in [4.69, 9.17) is 5.11 Å². The first-order valence-electron chi connectivity index (χ1n) is 5.92. The summed E-state index contributed by atoms with van der Waals surface area (Å²) < 4.78 is 26.4. The smallest absolute Gasteiger partial charge is 0.305 e. The van der Waals surface area contributed by atoms with Crippen LogP contribution in [-0.2, 0) is 4.79 Å². The molecule has 104 valence electrons. The fourth-order valence-electron chi connectivity index (χ4n) is 1.73. The monoisotopic (exact) mass is 271 g/mol. The number of benzene rings is 1. The molecule has 0 aliphatic carbocycles. The molecule has 0 saturated carbocycles. The lowest BCUT2D eigenvalue weighted by atomic mass is 10.1. The molecule has 0 aromatic heterocycles. The summed E-state index contributed by atoms with van der Waals surface area (Å²) in [6.45, 7) is 1.84. The molecule has 1 rings (SSSR count). The van der Waals surface area contributed by atoms with E-state index in [9.17, 15) is 18.4 Å². The van der Waals surface area contributed by atoms with Gasteiger partial charge in [-0.1, -0.05) is 19.4 Å². The molecule has 0 aliphatic rings. The molecule has 0 radical (unpaired) electrons. The van der Waals surface area contributed by atoms with E-state index in [0.29, 0.717) is 12.8 Å². The van der Waals surface area contributed by atoms with Crippen molar-refractivity contribution in [3.05, 3.63) is 35.4 Å². The zero-order valence-electron chi connectivity index (χ0n) is 10.5. The third kappa shape index (κ3) is 4.31. The first-order valence-corrected chi connectivity index (χ1v) is 5.92. The van der Waals surface area contributed by atoms with Crippen LogP contribution in [0.3, 0.4) is 0 Å². The normalized spacial score (nSPS) is 11.9. The number of carbonyl (C=O) groups excluding carboxylic acids is 1. The first kappa shape index (κ1) is 15.1. The van der Waals surface area contributed by atoms with E-state index in [1.807, 2.05) is 6.92 Å². The van der Waals surface area contributed by atoms with E-state index < -0.39 is 35.1 Å². The van der Waals surface area contributed by atoms with Crippen LogP contribution in [0.25, 0.3) is 0 Å². The van der Waals surface area contributed by atoms with Gasteiger partial charge < -0.3 is 10.4 Å². The molecule has 1 aromatic rings. The van der Waals surface area contributed by atoms with Crippen molar-refractivity contribution >= 4 is 11.9 Å². The Morgan fingerprint density at radius 2 is 2.05 bits per heavy atom. The highest BCUT2D eigenvalue weighted by molar-refractivity contribution is 5.94. The maximum atomic E-state index is 13.4. The lowest BCUT2D eigenvalue weighted by Crippen LogP contribution is -2.37. The van der Waals surface area contributed by atoms with Crippen molar-refractivity contribution in [2.75, 3.05) is 0 Å². The van der Waals surface area contributed by atoms with Crippen LogP contribution in [0, 0.1) is 11.6 Å². The van der Waals surface area contributed by atoms with Crippen molar-refractivity contribution < 1.29 is 23.5 Å². The van der Waals surface area contributed by atoms with Crippen molar-refractivity contribution in [1.29, 1.82) is 0 Å². The second-order valence-corrected chi connectivity index (χ2v) is 4.16. The van der Waals surface area contributed by atoms with Gasteiger partial charge in [-0.2, -0.15) is 0 Å². The Labute approximate surface area is 109 Å². The van der Waals surface area contributed by atoms with Crippen LogP contribution in [0.4, 0.5) is 8.78 Å². The molecule has 6 heteroatoms. The lowest BCUT2D eigenvalue weighted by Gasteiger charge is -2.16. The summed E-state index contributed by atoms with van der Waals surface area (Å²) in [7, 11) is 0. The molecular formula is C13H15F2NO3. The molecule has 1 aromatic carbocycles. The molecule has 0 fully saturated rings. The number of aliphatic carboxylic acids is 1. The summed E-state index contributed by atoms with van der Waals surface area (Å²) >= 11 is 0. The first-order chi connectivity index (χ1) is 8.95. The molecular weight excluding hydrogens is 256 g/mol. The number of hydrogen-bond donors (Lipinski definition) is 2. The van der Waals surface area contributed by atoms with Gasteiger partial charge in [-0.15, -0.1) is 0 Å². The minimum Gasteiger partial charge on any atom is -0.481 e. The summed E-state index contributed by atoms with van der Waals surface area (Å²) in [5.41, 5.74) is -0.425. The Balaban J connectivity index is 2.81. The maximum Gasteiger partial charge on any atom is 0.305 e. The van der Waals surface area contributed by atoms with Gasteiger partial charge in [0.15, 0.2) is 11.6 Å². The zero-order chi connectivity index (χ0) is 14.4. The third-order valence-electron chi connectivity index (χ3n) is 2.59. The van der Waals surface area contributed by atoms with E-state index >= 15 is 0 Å². The van der Waals surface area contributed by atoms with Crippen LogP contribution >= 0.6 is 0 Å². The predicted molar refractivity (Wildman–Crippen MR) is 64.8 cm³/mol. The van der Waals surface area contributed by atoms with Crippen LogP contribution in [0.2, 0.25) is 0 Å². The fraction of sp³-hybridized carbons (Fsp3) is 0.385. The average Bonchev–Trinajstić information content (AvgIpc) is 2.32. The summed E-state index contributed by atoms with van der Waals surface area (Å²) in [4.78, 5) is 22.4. The lowest BCUT2D eigenvalue weighted by molar-refractivity contribution is -0.137. The summed E-state index contributed by atoms with van der Waals surface area (Å²) in [5.74, 6) is -4.21. The number of nitrogens with one attached hydrogen (secondary N) is 1. The molecule has 4 nitrogen and oxygen atoms in total. The third-order valence-corrected chi connectivity index (χ3v) is 2.59. The van der Waals surface area contributed by atoms with Gasteiger partial charge >= 0.3 is 5.97 Å². The Bertz CT molecular complexity index is 477. The van der Waals surface area contributed by atoms with Gasteiger partial charge in [-0.05, 0) is 18.6 Å². The highest BCUT2D eigenvalue weighted by Gasteiger charge is 2.19. The number of carbonyl (C=O) groups is 2. The number of hydrogen-bond acceptors (Lipinski definition) is 2.